The van der Waals surface area contributed by atoms with Crippen LogP contribution < -0.4 is 0 Å². The Bertz CT molecular complexity index is 466. The predicted octanol–water partition coefficient (Wildman–Crippen LogP) is 2.45. The second kappa shape index (κ2) is 3.19. The fourth-order valence-electron chi connectivity index (χ4n) is 1.77. The van der Waals surface area contributed by atoms with Gasteiger partial charge in [-0.15, -0.1) is 10.2 Å². The van der Waals surface area contributed by atoms with Gasteiger partial charge in [0.15, 0.2) is 0 Å². The zero-order chi connectivity index (χ0) is 10.3. The summed E-state index contributed by atoms with van der Waals surface area (Å²) in [6, 6.07) is 8.47. The first-order valence-electron chi connectivity index (χ1n) is 5.31. The van der Waals surface area contributed by atoms with Gasteiger partial charge in [-0.25, -0.2) is 0 Å². The van der Waals surface area contributed by atoms with Crippen molar-refractivity contribution in [2.24, 2.45) is 0 Å². The number of hydrogen-bond donors (Lipinski definition) is 0. The van der Waals surface area contributed by atoms with E-state index in [2.05, 4.69) is 46.0 Å². The van der Waals surface area contributed by atoms with Crippen LogP contribution in [0.25, 0.3) is 5.69 Å². The van der Waals surface area contributed by atoms with Gasteiger partial charge in [-0.1, -0.05) is 17.7 Å². The summed E-state index contributed by atoms with van der Waals surface area (Å²) >= 11 is 0. The minimum atomic E-state index is 0.633. The van der Waals surface area contributed by atoms with Gasteiger partial charge in [0.2, 0.25) is 0 Å². The van der Waals surface area contributed by atoms with E-state index >= 15 is 0 Å². The van der Waals surface area contributed by atoms with Crippen molar-refractivity contribution in [3.8, 4) is 5.69 Å². The maximum Gasteiger partial charge on any atom is 0.140 e. The van der Waals surface area contributed by atoms with Crippen molar-refractivity contribution in [1.82, 2.24) is 14.8 Å². The lowest BCUT2D eigenvalue weighted by atomic mass is 10.2. The lowest BCUT2D eigenvalue weighted by Crippen LogP contribution is -1.98. The van der Waals surface area contributed by atoms with Crippen LogP contribution in [0, 0.1) is 6.92 Å². The molecule has 0 bridgehead atoms. The van der Waals surface area contributed by atoms with E-state index in [9.17, 15) is 0 Å². The van der Waals surface area contributed by atoms with Crippen LogP contribution in [-0.4, -0.2) is 14.8 Å². The van der Waals surface area contributed by atoms with Gasteiger partial charge >= 0.3 is 0 Å². The lowest BCUT2D eigenvalue weighted by molar-refractivity contribution is 0.871. The van der Waals surface area contributed by atoms with Crippen LogP contribution >= 0.6 is 0 Å². The van der Waals surface area contributed by atoms with Gasteiger partial charge in [0.05, 0.1) is 0 Å². The third-order valence-corrected chi connectivity index (χ3v) is 2.83. The van der Waals surface area contributed by atoms with Crippen molar-refractivity contribution < 1.29 is 0 Å². The highest BCUT2D eigenvalue weighted by atomic mass is 15.3. The number of aromatic nitrogens is 3. The summed E-state index contributed by atoms with van der Waals surface area (Å²) < 4.78 is 2.09. The Balaban J connectivity index is 2.04. The summed E-state index contributed by atoms with van der Waals surface area (Å²) in [6.45, 7) is 2.09. The summed E-state index contributed by atoms with van der Waals surface area (Å²) in [5.41, 5.74) is 2.44. The highest BCUT2D eigenvalue weighted by Gasteiger charge is 2.28. The van der Waals surface area contributed by atoms with Gasteiger partial charge in [0.1, 0.15) is 12.2 Å². The first-order chi connectivity index (χ1) is 7.34. The van der Waals surface area contributed by atoms with Gasteiger partial charge in [-0.05, 0) is 31.9 Å². The van der Waals surface area contributed by atoms with E-state index in [0.717, 1.165) is 11.5 Å². The molecule has 3 nitrogen and oxygen atoms in total. The summed E-state index contributed by atoms with van der Waals surface area (Å²) in [5.74, 6) is 1.74. The lowest BCUT2D eigenvalue weighted by Gasteiger charge is -2.05. The molecule has 1 aromatic carbocycles. The molecule has 1 fully saturated rings. The zero-order valence-electron chi connectivity index (χ0n) is 8.72. The van der Waals surface area contributed by atoms with E-state index in [0.29, 0.717) is 5.92 Å². The molecule has 0 amide bonds. The Kier molecular flexibility index (Phi) is 1.84. The van der Waals surface area contributed by atoms with E-state index in [1.54, 1.807) is 6.33 Å². The number of nitrogens with zero attached hydrogens (tertiary/aromatic N) is 3. The van der Waals surface area contributed by atoms with Gasteiger partial charge in [-0.2, -0.15) is 0 Å². The Hall–Kier alpha value is -1.64. The first-order valence-corrected chi connectivity index (χ1v) is 5.31. The molecular weight excluding hydrogens is 186 g/mol. The minimum Gasteiger partial charge on any atom is -0.285 e. The SMILES string of the molecule is Cc1ccc(-n2cnnc2C2CC2)cc1. The van der Waals surface area contributed by atoms with Crippen LogP contribution in [0.2, 0.25) is 0 Å². The zero-order valence-corrected chi connectivity index (χ0v) is 8.72. The molecule has 0 spiro atoms. The van der Waals surface area contributed by atoms with Crippen LogP contribution in [0.3, 0.4) is 0 Å². The normalized spacial score (nSPS) is 15.5. The third kappa shape index (κ3) is 1.54. The maximum atomic E-state index is 4.19. The molecular formula is C12H13N3. The second-order valence-corrected chi connectivity index (χ2v) is 4.17. The summed E-state index contributed by atoms with van der Waals surface area (Å²) in [6.07, 6.45) is 4.31. The van der Waals surface area contributed by atoms with E-state index in [1.165, 1.54) is 18.4 Å². The Morgan fingerprint density at radius 2 is 1.93 bits per heavy atom. The molecule has 3 heteroatoms. The highest BCUT2D eigenvalue weighted by molar-refractivity contribution is 5.35. The smallest absolute Gasteiger partial charge is 0.140 e. The van der Waals surface area contributed by atoms with Crippen molar-refractivity contribution in [3.05, 3.63) is 42.0 Å². The fraction of sp³-hybridized carbons (Fsp3) is 0.333. The molecule has 1 saturated carbocycles. The molecule has 1 heterocycles. The summed E-state index contributed by atoms with van der Waals surface area (Å²) in [4.78, 5) is 0. The monoisotopic (exact) mass is 199 g/mol. The highest BCUT2D eigenvalue weighted by Crippen LogP contribution is 2.39. The van der Waals surface area contributed by atoms with E-state index < -0.39 is 0 Å². The molecule has 0 N–H and O–H groups in total. The van der Waals surface area contributed by atoms with E-state index in [4.69, 9.17) is 0 Å². The van der Waals surface area contributed by atoms with Crippen LogP contribution in [0.15, 0.2) is 30.6 Å². The van der Waals surface area contributed by atoms with Crippen molar-refractivity contribution in [1.29, 1.82) is 0 Å². The minimum absolute atomic E-state index is 0.633. The fourth-order valence-corrected chi connectivity index (χ4v) is 1.77. The molecule has 3 rings (SSSR count). The summed E-state index contributed by atoms with van der Waals surface area (Å²) in [7, 11) is 0. The quantitative estimate of drug-likeness (QED) is 0.743. The van der Waals surface area contributed by atoms with Crippen molar-refractivity contribution in [2.75, 3.05) is 0 Å². The van der Waals surface area contributed by atoms with E-state index in [1.807, 2.05) is 0 Å². The topological polar surface area (TPSA) is 30.7 Å². The van der Waals surface area contributed by atoms with Crippen LogP contribution in [0.5, 0.6) is 0 Å². The van der Waals surface area contributed by atoms with Gasteiger partial charge in [0, 0.05) is 11.6 Å². The molecule has 1 aromatic heterocycles. The number of hydrogen-bond acceptors (Lipinski definition) is 2. The number of aryl methyl sites for hydroxylation is 1. The Morgan fingerprint density at radius 3 is 2.60 bits per heavy atom. The molecule has 0 aliphatic heterocycles. The molecule has 2 aromatic rings. The molecule has 0 radical (unpaired) electrons. The predicted molar refractivity (Wildman–Crippen MR) is 58.1 cm³/mol. The Morgan fingerprint density at radius 1 is 1.20 bits per heavy atom. The molecule has 0 atom stereocenters. The van der Waals surface area contributed by atoms with E-state index in [-0.39, 0.29) is 0 Å². The van der Waals surface area contributed by atoms with Crippen LogP contribution in [0.4, 0.5) is 0 Å². The van der Waals surface area contributed by atoms with Crippen molar-refractivity contribution >= 4 is 0 Å². The largest absolute Gasteiger partial charge is 0.285 e. The van der Waals surface area contributed by atoms with Gasteiger partial charge < -0.3 is 0 Å². The molecule has 0 unspecified atom stereocenters. The number of rotatable bonds is 2. The summed E-state index contributed by atoms with van der Waals surface area (Å²) in [5, 5.41) is 8.19. The second-order valence-electron chi connectivity index (χ2n) is 4.17. The first kappa shape index (κ1) is 8.65. The molecule has 1 aliphatic carbocycles. The molecule has 0 saturated heterocycles. The Labute approximate surface area is 88.8 Å². The van der Waals surface area contributed by atoms with Crippen molar-refractivity contribution in [3.63, 3.8) is 0 Å². The average Bonchev–Trinajstić information content (AvgIpc) is 2.98. The van der Waals surface area contributed by atoms with Crippen LogP contribution in [-0.2, 0) is 0 Å². The molecule has 15 heavy (non-hydrogen) atoms. The molecule has 76 valence electrons. The standard InChI is InChI=1S/C12H13N3/c1-9-2-6-11(7-3-9)15-8-13-14-12(15)10-4-5-10/h2-3,6-8,10H,4-5H2,1H3. The number of benzene rings is 1. The van der Waals surface area contributed by atoms with Crippen LogP contribution in [0.1, 0.15) is 30.1 Å². The van der Waals surface area contributed by atoms with Gasteiger partial charge in [-0.3, -0.25) is 4.57 Å². The van der Waals surface area contributed by atoms with Crippen molar-refractivity contribution in [2.45, 2.75) is 25.7 Å². The molecule has 1 aliphatic rings. The van der Waals surface area contributed by atoms with Gasteiger partial charge in [0.25, 0.3) is 0 Å². The third-order valence-electron chi connectivity index (χ3n) is 2.83. The maximum absolute atomic E-state index is 4.19. The average molecular weight is 199 g/mol.